The first-order valence-corrected chi connectivity index (χ1v) is 7.44. The average Bonchev–Trinajstić information content (AvgIpc) is 2.90. The number of carbonyl (C=O) groups excluding carboxylic acids is 2. The van der Waals surface area contributed by atoms with Crippen LogP contribution in [0.4, 0.5) is 13.2 Å². The lowest BCUT2D eigenvalue weighted by molar-refractivity contribution is -0.141. The van der Waals surface area contributed by atoms with Crippen LogP contribution in [0.5, 0.6) is 0 Å². The molecule has 0 atom stereocenters. The van der Waals surface area contributed by atoms with Gasteiger partial charge in [-0.15, -0.1) is 0 Å². The van der Waals surface area contributed by atoms with E-state index in [0.29, 0.717) is 30.6 Å². The maximum Gasteiger partial charge on any atom is 0.405 e. The molecule has 0 spiro atoms. The third-order valence-electron chi connectivity index (χ3n) is 3.40. The van der Waals surface area contributed by atoms with Crippen LogP contribution in [0.1, 0.15) is 23.4 Å². The molecule has 0 radical (unpaired) electrons. The number of hydrogen-bond acceptors (Lipinski definition) is 3. The molecule has 1 N–H and O–H groups in total. The summed E-state index contributed by atoms with van der Waals surface area (Å²) < 4.78 is 41.8. The summed E-state index contributed by atoms with van der Waals surface area (Å²) >= 11 is 3.10. The summed E-state index contributed by atoms with van der Waals surface area (Å²) in [6.45, 7) is -0.714. The van der Waals surface area contributed by atoms with E-state index >= 15 is 0 Å². The van der Waals surface area contributed by atoms with Crippen LogP contribution in [0.15, 0.2) is 21.2 Å². The second kappa shape index (κ2) is 6.72. The van der Waals surface area contributed by atoms with Crippen LogP contribution in [-0.2, 0) is 4.79 Å². The number of rotatable bonds is 3. The van der Waals surface area contributed by atoms with Gasteiger partial charge in [-0.3, -0.25) is 9.59 Å². The van der Waals surface area contributed by atoms with Crippen molar-refractivity contribution in [2.24, 2.45) is 5.92 Å². The number of carbonyl (C=O) groups is 2. The van der Waals surface area contributed by atoms with E-state index in [-0.39, 0.29) is 11.7 Å². The van der Waals surface area contributed by atoms with Crippen LogP contribution in [-0.4, -0.2) is 42.5 Å². The van der Waals surface area contributed by atoms with Gasteiger partial charge in [0.1, 0.15) is 6.54 Å². The Bertz CT molecular complexity index is 551. The molecule has 1 aromatic rings. The molecule has 5 nitrogen and oxygen atoms in total. The molecule has 22 heavy (non-hydrogen) atoms. The molecule has 0 aromatic carbocycles. The van der Waals surface area contributed by atoms with E-state index < -0.39 is 24.5 Å². The zero-order valence-corrected chi connectivity index (χ0v) is 13.0. The van der Waals surface area contributed by atoms with Gasteiger partial charge in [-0.2, -0.15) is 13.2 Å². The van der Waals surface area contributed by atoms with E-state index in [1.807, 2.05) is 5.32 Å². The largest absolute Gasteiger partial charge is 0.444 e. The van der Waals surface area contributed by atoms with Gasteiger partial charge < -0.3 is 14.6 Å². The van der Waals surface area contributed by atoms with Gasteiger partial charge in [0.15, 0.2) is 10.4 Å². The predicted octanol–water partition coefficient (Wildman–Crippen LogP) is 2.57. The Morgan fingerprint density at radius 3 is 2.45 bits per heavy atom. The zero-order chi connectivity index (χ0) is 16.3. The number of nitrogens with one attached hydrogen (secondary N) is 1. The summed E-state index contributed by atoms with van der Waals surface area (Å²) in [5.41, 5.74) is 0. The van der Waals surface area contributed by atoms with Crippen LogP contribution in [0, 0.1) is 5.92 Å². The lowest BCUT2D eigenvalue weighted by Gasteiger charge is -2.30. The molecule has 0 bridgehead atoms. The highest BCUT2D eigenvalue weighted by Gasteiger charge is 2.32. The molecule has 1 saturated heterocycles. The maximum atomic E-state index is 12.1. The molecule has 2 rings (SSSR count). The number of piperidine rings is 1. The summed E-state index contributed by atoms with van der Waals surface area (Å²) in [7, 11) is 0. The van der Waals surface area contributed by atoms with Crippen LogP contribution >= 0.6 is 15.9 Å². The van der Waals surface area contributed by atoms with Crippen LogP contribution in [0.25, 0.3) is 0 Å². The Morgan fingerprint density at radius 1 is 1.32 bits per heavy atom. The van der Waals surface area contributed by atoms with E-state index in [2.05, 4.69) is 15.9 Å². The number of alkyl halides is 3. The number of likely N-dealkylation sites (tertiary alicyclic amines) is 1. The third-order valence-corrected chi connectivity index (χ3v) is 3.83. The fourth-order valence-corrected chi connectivity index (χ4v) is 2.57. The Labute approximate surface area is 133 Å². The van der Waals surface area contributed by atoms with Crippen molar-refractivity contribution in [3.05, 3.63) is 22.6 Å². The standard InChI is InChI=1S/C13H14BrF3N2O3/c14-10-2-1-9(22-10)12(21)19-5-3-8(4-6-19)11(20)18-7-13(15,16)17/h1-2,8H,3-7H2,(H,18,20). The zero-order valence-electron chi connectivity index (χ0n) is 11.5. The number of nitrogens with zero attached hydrogens (tertiary/aromatic N) is 1. The second-order valence-corrected chi connectivity index (χ2v) is 5.78. The smallest absolute Gasteiger partial charge is 0.405 e. The lowest BCUT2D eigenvalue weighted by Crippen LogP contribution is -2.44. The van der Waals surface area contributed by atoms with Gasteiger partial charge in [-0.05, 0) is 40.9 Å². The van der Waals surface area contributed by atoms with E-state index in [1.54, 1.807) is 6.07 Å². The molecule has 2 amide bonds. The topological polar surface area (TPSA) is 62.6 Å². The molecular formula is C13H14BrF3N2O3. The van der Waals surface area contributed by atoms with Gasteiger partial charge in [0.25, 0.3) is 5.91 Å². The molecule has 0 saturated carbocycles. The minimum Gasteiger partial charge on any atom is -0.444 e. The van der Waals surface area contributed by atoms with Gasteiger partial charge in [0.05, 0.1) is 0 Å². The Balaban J connectivity index is 1.82. The van der Waals surface area contributed by atoms with Crippen LogP contribution < -0.4 is 5.32 Å². The SMILES string of the molecule is O=C(NCC(F)(F)F)C1CCN(C(=O)c2ccc(Br)o2)CC1. The monoisotopic (exact) mass is 382 g/mol. The third kappa shape index (κ3) is 4.49. The molecule has 0 aliphatic carbocycles. The Kier molecular flexibility index (Phi) is 5.15. The first kappa shape index (κ1) is 16.9. The van der Waals surface area contributed by atoms with Crippen molar-refractivity contribution in [2.45, 2.75) is 19.0 Å². The van der Waals surface area contributed by atoms with Crippen molar-refractivity contribution in [1.82, 2.24) is 10.2 Å². The van der Waals surface area contributed by atoms with Gasteiger partial charge in [0, 0.05) is 19.0 Å². The normalized spacial score (nSPS) is 16.6. The van der Waals surface area contributed by atoms with Crippen molar-refractivity contribution in [3.63, 3.8) is 0 Å². The Morgan fingerprint density at radius 2 is 1.95 bits per heavy atom. The second-order valence-electron chi connectivity index (χ2n) is 5.00. The molecule has 1 aliphatic heterocycles. The number of amides is 2. The van der Waals surface area contributed by atoms with Crippen LogP contribution in [0.3, 0.4) is 0 Å². The van der Waals surface area contributed by atoms with Crippen molar-refractivity contribution in [2.75, 3.05) is 19.6 Å². The van der Waals surface area contributed by atoms with E-state index in [1.165, 1.54) is 11.0 Å². The summed E-state index contributed by atoms with van der Waals surface area (Å²) in [6.07, 6.45) is -3.76. The molecule has 0 unspecified atom stereocenters. The molecular weight excluding hydrogens is 369 g/mol. The molecule has 122 valence electrons. The summed E-state index contributed by atoms with van der Waals surface area (Å²) in [5, 5.41) is 1.88. The highest BCUT2D eigenvalue weighted by molar-refractivity contribution is 9.10. The van der Waals surface area contributed by atoms with Gasteiger partial charge in [0.2, 0.25) is 5.91 Å². The fourth-order valence-electron chi connectivity index (χ4n) is 2.26. The van der Waals surface area contributed by atoms with Gasteiger partial charge in [-0.1, -0.05) is 0 Å². The lowest BCUT2D eigenvalue weighted by atomic mass is 9.95. The molecule has 1 aromatic heterocycles. The summed E-state index contributed by atoms with van der Waals surface area (Å²) in [5.74, 6) is -1.23. The van der Waals surface area contributed by atoms with Gasteiger partial charge >= 0.3 is 6.18 Å². The summed E-state index contributed by atoms with van der Waals surface area (Å²) in [4.78, 5) is 25.3. The van der Waals surface area contributed by atoms with Crippen molar-refractivity contribution in [3.8, 4) is 0 Å². The van der Waals surface area contributed by atoms with E-state index in [0.717, 1.165) is 0 Å². The summed E-state index contributed by atoms with van der Waals surface area (Å²) in [6, 6.07) is 3.14. The molecule has 2 heterocycles. The predicted molar refractivity (Wildman–Crippen MR) is 74.1 cm³/mol. The van der Waals surface area contributed by atoms with Gasteiger partial charge in [-0.25, -0.2) is 0 Å². The number of furan rings is 1. The van der Waals surface area contributed by atoms with Crippen molar-refractivity contribution in [1.29, 1.82) is 0 Å². The highest BCUT2D eigenvalue weighted by atomic mass is 79.9. The molecule has 1 aliphatic rings. The van der Waals surface area contributed by atoms with E-state index in [4.69, 9.17) is 4.42 Å². The highest BCUT2D eigenvalue weighted by Crippen LogP contribution is 2.22. The molecule has 1 fully saturated rings. The number of halogens is 4. The van der Waals surface area contributed by atoms with E-state index in [9.17, 15) is 22.8 Å². The first-order valence-electron chi connectivity index (χ1n) is 6.65. The minimum atomic E-state index is -4.42. The quantitative estimate of drug-likeness (QED) is 0.873. The minimum absolute atomic E-state index is 0.187. The average molecular weight is 383 g/mol. The maximum absolute atomic E-state index is 12.1. The molecule has 9 heteroatoms. The van der Waals surface area contributed by atoms with Crippen molar-refractivity contribution >= 4 is 27.7 Å². The van der Waals surface area contributed by atoms with Crippen molar-refractivity contribution < 1.29 is 27.2 Å². The van der Waals surface area contributed by atoms with Crippen LogP contribution in [0.2, 0.25) is 0 Å². The fraction of sp³-hybridized carbons (Fsp3) is 0.538. The first-order chi connectivity index (χ1) is 10.3. The Hall–Kier alpha value is -1.51. The number of hydrogen-bond donors (Lipinski definition) is 1.